The average Bonchev–Trinajstić information content (AvgIpc) is 3.14. The third-order valence-electron chi connectivity index (χ3n) is 5.75. The second-order valence-electron chi connectivity index (χ2n) is 8.31. The quantitative estimate of drug-likeness (QED) is 0.224. The number of hydrogen-bond donors (Lipinski definition) is 1. The van der Waals surface area contributed by atoms with Crippen molar-refractivity contribution in [3.63, 3.8) is 0 Å². The lowest BCUT2D eigenvalue weighted by molar-refractivity contribution is -0.137. The van der Waals surface area contributed by atoms with Gasteiger partial charge >= 0.3 is 5.97 Å². The van der Waals surface area contributed by atoms with Crippen molar-refractivity contribution in [1.82, 2.24) is 14.3 Å². The normalized spacial score (nSPS) is 14.5. The number of hydrogen-bond acceptors (Lipinski definition) is 8. The molecule has 0 unspecified atom stereocenters. The Morgan fingerprint density at radius 3 is 2.62 bits per heavy atom. The van der Waals surface area contributed by atoms with Crippen LogP contribution in [0.2, 0.25) is 0 Å². The van der Waals surface area contributed by atoms with E-state index >= 15 is 0 Å². The van der Waals surface area contributed by atoms with Crippen LogP contribution in [0.4, 0.5) is 0 Å². The number of rotatable bonds is 10. The van der Waals surface area contributed by atoms with Crippen LogP contribution in [-0.2, 0) is 9.59 Å². The maximum Gasteiger partial charge on any atom is 0.303 e. The van der Waals surface area contributed by atoms with Gasteiger partial charge in [0.25, 0.3) is 11.5 Å². The van der Waals surface area contributed by atoms with Gasteiger partial charge in [0.15, 0.2) is 11.5 Å². The molecule has 3 aromatic rings. The van der Waals surface area contributed by atoms with Crippen LogP contribution in [0.15, 0.2) is 52.3 Å². The molecule has 0 bridgehead atoms. The van der Waals surface area contributed by atoms with Crippen molar-refractivity contribution in [2.24, 2.45) is 0 Å². The van der Waals surface area contributed by atoms with Gasteiger partial charge in [-0.3, -0.25) is 23.7 Å². The fourth-order valence-electron chi connectivity index (χ4n) is 3.85. The number of carbonyl (C=O) groups excluding carboxylic acids is 1. The second kappa shape index (κ2) is 11.6. The van der Waals surface area contributed by atoms with Crippen molar-refractivity contribution in [2.45, 2.75) is 32.6 Å². The number of benzene rings is 1. The minimum Gasteiger partial charge on any atom is -0.493 e. The number of aliphatic carboxylic acids is 1. The zero-order valence-corrected chi connectivity index (χ0v) is 21.9. The van der Waals surface area contributed by atoms with Gasteiger partial charge in [-0.2, -0.15) is 4.98 Å². The van der Waals surface area contributed by atoms with Crippen molar-refractivity contribution in [1.29, 1.82) is 0 Å². The van der Waals surface area contributed by atoms with Crippen LogP contribution in [0.1, 0.15) is 36.8 Å². The van der Waals surface area contributed by atoms with Crippen molar-refractivity contribution in [3.05, 3.63) is 69.0 Å². The number of unbranched alkanes of at least 4 members (excludes halogenated alkanes) is 2. The van der Waals surface area contributed by atoms with E-state index in [1.54, 1.807) is 36.5 Å². The number of thiocarbonyl (C=S) groups is 1. The van der Waals surface area contributed by atoms with Crippen LogP contribution in [0.5, 0.6) is 17.4 Å². The summed E-state index contributed by atoms with van der Waals surface area (Å²) in [4.78, 5) is 43.8. The molecule has 2 aromatic heterocycles. The SMILES string of the molecule is COc1ccccc1Oc1nc2c(C)cccn2c(=O)c1/C=C1/SC(=S)N(CCCCCC(=O)O)C1=O. The first-order valence-electron chi connectivity index (χ1n) is 11.6. The standard InChI is InChI=1S/C26H25N3O6S2/c1-16-9-8-14-28-22(16)27-23(35-19-11-6-5-10-18(19)34-2)17(24(28)32)15-20-25(33)29(26(36)37-20)13-7-3-4-12-21(30)31/h5-6,8-11,14-15H,3-4,7,12-13H2,1-2H3,(H,30,31)/b20-15+. The molecule has 1 N–H and O–H groups in total. The molecule has 11 heteroatoms. The van der Waals surface area contributed by atoms with Crippen LogP contribution >= 0.6 is 24.0 Å². The number of aromatic nitrogens is 2. The summed E-state index contributed by atoms with van der Waals surface area (Å²) >= 11 is 6.52. The maximum absolute atomic E-state index is 13.6. The molecule has 37 heavy (non-hydrogen) atoms. The molecule has 192 valence electrons. The molecule has 1 amide bonds. The first-order chi connectivity index (χ1) is 17.8. The maximum atomic E-state index is 13.6. The number of methoxy groups -OCH3 is 1. The summed E-state index contributed by atoms with van der Waals surface area (Å²) in [5.74, 6) is -0.272. The molecule has 9 nitrogen and oxygen atoms in total. The van der Waals surface area contributed by atoms with Gasteiger partial charge in [-0.1, -0.05) is 48.6 Å². The van der Waals surface area contributed by atoms with E-state index in [4.69, 9.17) is 26.8 Å². The van der Waals surface area contributed by atoms with Gasteiger partial charge in [0.1, 0.15) is 15.5 Å². The summed E-state index contributed by atoms with van der Waals surface area (Å²) in [5, 5.41) is 8.79. The number of para-hydroxylation sites is 2. The van der Waals surface area contributed by atoms with E-state index in [2.05, 4.69) is 4.98 Å². The fourth-order valence-corrected chi connectivity index (χ4v) is 5.14. The van der Waals surface area contributed by atoms with Crippen LogP contribution < -0.4 is 15.0 Å². The van der Waals surface area contributed by atoms with Crippen LogP contribution in [-0.4, -0.2) is 49.2 Å². The number of aryl methyl sites for hydroxylation is 1. The van der Waals surface area contributed by atoms with E-state index in [1.807, 2.05) is 13.0 Å². The Bertz CT molecular complexity index is 1470. The van der Waals surface area contributed by atoms with E-state index in [0.29, 0.717) is 47.3 Å². The minimum atomic E-state index is -0.842. The second-order valence-corrected chi connectivity index (χ2v) is 9.99. The number of ether oxygens (including phenoxy) is 2. The molecule has 0 aliphatic carbocycles. The third-order valence-corrected chi connectivity index (χ3v) is 7.12. The number of carboxylic acids is 1. The lowest BCUT2D eigenvalue weighted by atomic mass is 10.2. The van der Waals surface area contributed by atoms with Crippen molar-refractivity contribution >= 4 is 51.9 Å². The number of nitrogens with zero attached hydrogens (tertiary/aromatic N) is 3. The molecule has 3 heterocycles. The summed E-state index contributed by atoms with van der Waals surface area (Å²) in [6, 6.07) is 10.6. The Hall–Kier alpha value is -3.70. The highest BCUT2D eigenvalue weighted by molar-refractivity contribution is 8.26. The van der Waals surface area contributed by atoms with E-state index in [1.165, 1.54) is 22.5 Å². The molecular formula is C26H25N3O6S2. The largest absolute Gasteiger partial charge is 0.493 e. The highest BCUT2D eigenvalue weighted by atomic mass is 32.2. The Labute approximate surface area is 222 Å². The number of carboxylic acid groups (broad SMARTS) is 1. The Morgan fingerprint density at radius 1 is 1.14 bits per heavy atom. The number of thioether (sulfide) groups is 1. The van der Waals surface area contributed by atoms with Gasteiger partial charge in [-0.05, 0) is 49.6 Å². The lowest BCUT2D eigenvalue weighted by Gasteiger charge is -2.14. The molecule has 1 fully saturated rings. The molecule has 0 radical (unpaired) electrons. The third kappa shape index (κ3) is 5.83. The van der Waals surface area contributed by atoms with Crippen molar-refractivity contribution < 1.29 is 24.2 Å². The van der Waals surface area contributed by atoms with Crippen LogP contribution in [0.25, 0.3) is 11.7 Å². The monoisotopic (exact) mass is 539 g/mol. The zero-order chi connectivity index (χ0) is 26.5. The molecule has 1 aromatic carbocycles. The summed E-state index contributed by atoms with van der Waals surface area (Å²) in [6.07, 6.45) is 4.99. The summed E-state index contributed by atoms with van der Waals surface area (Å²) < 4.78 is 13.3. The smallest absolute Gasteiger partial charge is 0.303 e. The van der Waals surface area contributed by atoms with E-state index in [-0.39, 0.29) is 28.7 Å². The first-order valence-corrected chi connectivity index (χ1v) is 12.8. The molecule has 1 aliphatic rings. The molecule has 0 saturated carbocycles. The lowest BCUT2D eigenvalue weighted by Crippen LogP contribution is -2.29. The first kappa shape index (κ1) is 26.4. The highest BCUT2D eigenvalue weighted by Crippen LogP contribution is 2.36. The molecule has 1 aliphatic heterocycles. The van der Waals surface area contributed by atoms with Gasteiger partial charge in [0, 0.05) is 19.2 Å². The number of amides is 1. The molecule has 1 saturated heterocycles. The number of fused-ring (bicyclic) bond motifs is 1. The summed E-state index contributed by atoms with van der Waals surface area (Å²) in [5.41, 5.74) is 0.933. The molecular weight excluding hydrogens is 514 g/mol. The topological polar surface area (TPSA) is 110 Å². The zero-order valence-electron chi connectivity index (χ0n) is 20.3. The predicted molar refractivity (Wildman–Crippen MR) is 145 cm³/mol. The Kier molecular flexibility index (Phi) is 8.24. The van der Waals surface area contributed by atoms with Crippen LogP contribution in [0, 0.1) is 6.92 Å². The number of pyridine rings is 1. The van der Waals surface area contributed by atoms with E-state index < -0.39 is 11.5 Å². The van der Waals surface area contributed by atoms with Gasteiger partial charge in [0.2, 0.25) is 5.88 Å². The van der Waals surface area contributed by atoms with Crippen molar-refractivity contribution in [3.8, 4) is 17.4 Å². The van der Waals surface area contributed by atoms with Gasteiger partial charge in [0.05, 0.1) is 12.0 Å². The average molecular weight is 540 g/mol. The number of carbonyl (C=O) groups is 2. The molecule has 0 atom stereocenters. The molecule has 4 rings (SSSR count). The Morgan fingerprint density at radius 2 is 1.89 bits per heavy atom. The van der Waals surface area contributed by atoms with E-state index in [0.717, 1.165) is 17.3 Å². The summed E-state index contributed by atoms with van der Waals surface area (Å²) in [7, 11) is 1.52. The van der Waals surface area contributed by atoms with Gasteiger partial charge in [-0.15, -0.1) is 0 Å². The van der Waals surface area contributed by atoms with Gasteiger partial charge in [-0.25, -0.2) is 0 Å². The summed E-state index contributed by atoms with van der Waals surface area (Å²) in [6.45, 7) is 2.22. The molecule has 0 spiro atoms. The van der Waals surface area contributed by atoms with E-state index in [9.17, 15) is 14.4 Å². The minimum absolute atomic E-state index is 0.0442. The highest BCUT2D eigenvalue weighted by Gasteiger charge is 2.32. The van der Waals surface area contributed by atoms with Crippen LogP contribution in [0.3, 0.4) is 0 Å². The van der Waals surface area contributed by atoms with Crippen molar-refractivity contribution in [2.75, 3.05) is 13.7 Å². The van der Waals surface area contributed by atoms with Gasteiger partial charge < -0.3 is 14.6 Å². The Balaban J connectivity index is 1.69. The predicted octanol–water partition coefficient (Wildman–Crippen LogP) is 4.65. The fraction of sp³-hybridized carbons (Fsp3) is 0.269.